The van der Waals surface area contributed by atoms with Crippen LogP contribution in [0.5, 0.6) is 5.75 Å². The molecule has 1 aliphatic rings. The number of unbranched alkanes of at least 4 members (excludes halogenated alkanes) is 1. The molecule has 1 aromatic carbocycles. The summed E-state index contributed by atoms with van der Waals surface area (Å²) in [6.07, 6.45) is 8.26. The first-order chi connectivity index (χ1) is 15.1. The van der Waals surface area contributed by atoms with Gasteiger partial charge in [-0.15, -0.1) is 0 Å². The van der Waals surface area contributed by atoms with Crippen LogP contribution < -0.4 is 0 Å². The number of benzene rings is 1. The van der Waals surface area contributed by atoms with E-state index in [-0.39, 0.29) is 5.75 Å². The topological polar surface area (TPSA) is 73.4 Å². The third-order valence-electron chi connectivity index (χ3n) is 5.57. The SMILES string of the molecule is CCCCc1cc(/C=C2\N=C(c3ccc(Cc4ccc(O)cc4)[nH]3)C=C2OC)[nH]c1C. The van der Waals surface area contributed by atoms with Crippen molar-refractivity contribution in [2.45, 2.75) is 39.5 Å². The summed E-state index contributed by atoms with van der Waals surface area (Å²) in [6.45, 7) is 4.34. The minimum atomic E-state index is 0.280. The van der Waals surface area contributed by atoms with Gasteiger partial charge in [-0.05, 0) is 67.3 Å². The summed E-state index contributed by atoms with van der Waals surface area (Å²) < 4.78 is 5.59. The Kier molecular flexibility index (Phi) is 6.12. The molecule has 0 fully saturated rings. The largest absolute Gasteiger partial charge is 0.508 e. The number of aryl methyl sites for hydroxylation is 2. The molecule has 0 spiro atoms. The number of phenolic OH excluding ortho intramolecular Hbond substituents is 1. The molecule has 4 rings (SSSR count). The Morgan fingerprint density at radius 3 is 2.65 bits per heavy atom. The highest BCUT2D eigenvalue weighted by Crippen LogP contribution is 2.26. The van der Waals surface area contributed by atoms with Crippen molar-refractivity contribution in [1.82, 2.24) is 9.97 Å². The Bertz CT molecular complexity index is 1140. The number of aromatic amines is 2. The van der Waals surface area contributed by atoms with Crippen LogP contribution in [0.1, 0.15) is 53.7 Å². The fourth-order valence-corrected chi connectivity index (χ4v) is 3.83. The molecular weight excluding hydrogens is 386 g/mol. The number of methoxy groups -OCH3 is 1. The molecule has 160 valence electrons. The zero-order valence-corrected chi connectivity index (χ0v) is 18.3. The molecular formula is C26H29N3O2. The summed E-state index contributed by atoms with van der Waals surface area (Å²) >= 11 is 0. The lowest BCUT2D eigenvalue weighted by Gasteiger charge is -2.00. The fraction of sp³-hybridized carbons (Fsp3) is 0.269. The third-order valence-corrected chi connectivity index (χ3v) is 5.57. The van der Waals surface area contributed by atoms with Gasteiger partial charge in [0, 0.05) is 29.6 Å². The second-order valence-electron chi connectivity index (χ2n) is 7.96. The van der Waals surface area contributed by atoms with Crippen molar-refractivity contribution in [1.29, 1.82) is 0 Å². The smallest absolute Gasteiger partial charge is 0.146 e. The number of hydrogen-bond acceptors (Lipinski definition) is 3. The van der Waals surface area contributed by atoms with Gasteiger partial charge in [-0.1, -0.05) is 25.5 Å². The maximum Gasteiger partial charge on any atom is 0.146 e. The second-order valence-corrected chi connectivity index (χ2v) is 7.96. The minimum Gasteiger partial charge on any atom is -0.508 e. The van der Waals surface area contributed by atoms with Crippen LogP contribution in [0, 0.1) is 6.92 Å². The molecule has 3 aromatic rings. The number of allylic oxidation sites excluding steroid dienone is 1. The van der Waals surface area contributed by atoms with Crippen LogP contribution in [-0.4, -0.2) is 27.9 Å². The zero-order valence-electron chi connectivity index (χ0n) is 18.3. The van der Waals surface area contributed by atoms with E-state index in [9.17, 15) is 5.11 Å². The lowest BCUT2D eigenvalue weighted by Crippen LogP contribution is -1.96. The van der Waals surface area contributed by atoms with Crippen molar-refractivity contribution in [3.05, 3.63) is 93.9 Å². The van der Waals surface area contributed by atoms with E-state index >= 15 is 0 Å². The second kappa shape index (κ2) is 9.13. The monoisotopic (exact) mass is 415 g/mol. The highest BCUT2D eigenvalue weighted by Gasteiger charge is 2.18. The predicted molar refractivity (Wildman–Crippen MR) is 125 cm³/mol. The van der Waals surface area contributed by atoms with E-state index in [1.807, 2.05) is 30.4 Å². The summed E-state index contributed by atoms with van der Waals surface area (Å²) in [6, 6.07) is 13.6. The predicted octanol–water partition coefficient (Wildman–Crippen LogP) is 5.66. The molecule has 0 saturated carbocycles. The van der Waals surface area contributed by atoms with Crippen molar-refractivity contribution in [3.8, 4) is 5.75 Å². The molecule has 0 radical (unpaired) electrons. The van der Waals surface area contributed by atoms with Gasteiger partial charge >= 0.3 is 0 Å². The van der Waals surface area contributed by atoms with Gasteiger partial charge in [0.05, 0.1) is 18.5 Å². The molecule has 2 aromatic heterocycles. The molecule has 0 atom stereocenters. The van der Waals surface area contributed by atoms with Crippen LogP contribution in [0.4, 0.5) is 0 Å². The molecule has 0 bridgehead atoms. The van der Waals surface area contributed by atoms with Gasteiger partial charge in [0.1, 0.15) is 17.2 Å². The quantitative estimate of drug-likeness (QED) is 0.444. The molecule has 0 saturated heterocycles. The van der Waals surface area contributed by atoms with Crippen LogP contribution in [0.2, 0.25) is 0 Å². The number of phenols is 1. The average Bonchev–Trinajstić information content (AvgIpc) is 3.47. The van der Waals surface area contributed by atoms with Gasteiger partial charge in [-0.2, -0.15) is 0 Å². The summed E-state index contributed by atoms with van der Waals surface area (Å²) in [5.74, 6) is 1.04. The van der Waals surface area contributed by atoms with Crippen LogP contribution in [0.3, 0.4) is 0 Å². The van der Waals surface area contributed by atoms with Crippen molar-refractivity contribution < 1.29 is 9.84 Å². The Balaban J connectivity index is 1.54. The Hall–Kier alpha value is -3.47. The molecule has 0 amide bonds. The average molecular weight is 416 g/mol. The normalized spacial score (nSPS) is 14.7. The number of nitrogens with one attached hydrogen (secondary N) is 2. The molecule has 0 aliphatic carbocycles. The van der Waals surface area contributed by atoms with Crippen LogP contribution in [-0.2, 0) is 17.6 Å². The maximum absolute atomic E-state index is 9.45. The summed E-state index contributed by atoms with van der Waals surface area (Å²) in [5, 5.41) is 9.45. The first-order valence-corrected chi connectivity index (χ1v) is 10.8. The standard InChI is InChI=1S/C26H29N3O2/c1-4-5-6-19-14-21(27-17(19)2)15-25-26(31-3)16-24(29-25)23-12-9-20(28-23)13-18-7-10-22(30)11-8-18/h7-12,14-16,27-28,30H,4-6,13H2,1-3H3/b25-15-. The van der Waals surface area contributed by atoms with E-state index in [2.05, 4.69) is 35.9 Å². The number of hydrogen-bond donors (Lipinski definition) is 3. The first-order valence-electron chi connectivity index (χ1n) is 10.8. The number of ether oxygens (including phenoxy) is 1. The molecule has 3 heterocycles. The molecule has 3 N–H and O–H groups in total. The summed E-state index contributed by atoms with van der Waals surface area (Å²) in [7, 11) is 1.68. The van der Waals surface area contributed by atoms with Crippen LogP contribution in [0.15, 0.2) is 65.0 Å². The van der Waals surface area contributed by atoms with E-state index in [1.165, 1.54) is 24.1 Å². The van der Waals surface area contributed by atoms with Gasteiger partial charge in [-0.3, -0.25) is 0 Å². The number of aromatic nitrogens is 2. The van der Waals surface area contributed by atoms with E-state index < -0.39 is 0 Å². The number of H-pyrrole nitrogens is 2. The highest BCUT2D eigenvalue weighted by molar-refractivity contribution is 6.11. The molecule has 1 aliphatic heterocycles. The number of rotatable bonds is 8. The number of nitrogens with zero attached hydrogens (tertiary/aromatic N) is 1. The van der Waals surface area contributed by atoms with Crippen molar-refractivity contribution in [2.75, 3.05) is 7.11 Å². The number of aliphatic imine (C=N–C) groups is 1. The van der Waals surface area contributed by atoms with Crippen molar-refractivity contribution >= 4 is 11.8 Å². The van der Waals surface area contributed by atoms with Gasteiger partial charge in [0.15, 0.2) is 0 Å². The summed E-state index contributed by atoms with van der Waals surface area (Å²) in [5.41, 5.74) is 8.48. The van der Waals surface area contributed by atoms with Crippen LogP contribution >= 0.6 is 0 Å². The molecule has 5 heteroatoms. The van der Waals surface area contributed by atoms with E-state index in [4.69, 9.17) is 9.73 Å². The van der Waals surface area contributed by atoms with Crippen LogP contribution in [0.25, 0.3) is 6.08 Å². The lowest BCUT2D eigenvalue weighted by atomic mass is 10.1. The molecule has 0 unspecified atom stereocenters. The number of aromatic hydroxyl groups is 1. The van der Waals surface area contributed by atoms with E-state index in [0.717, 1.165) is 52.7 Å². The molecule has 5 nitrogen and oxygen atoms in total. The maximum atomic E-state index is 9.45. The van der Waals surface area contributed by atoms with Gasteiger partial charge in [0.25, 0.3) is 0 Å². The highest BCUT2D eigenvalue weighted by atomic mass is 16.5. The fourth-order valence-electron chi connectivity index (χ4n) is 3.83. The third kappa shape index (κ3) is 4.82. The Morgan fingerprint density at radius 2 is 1.90 bits per heavy atom. The lowest BCUT2D eigenvalue weighted by molar-refractivity contribution is 0.303. The van der Waals surface area contributed by atoms with E-state index in [0.29, 0.717) is 0 Å². The van der Waals surface area contributed by atoms with Gasteiger partial charge in [-0.25, -0.2) is 4.99 Å². The van der Waals surface area contributed by atoms with Crippen molar-refractivity contribution in [3.63, 3.8) is 0 Å². The Labute approximate surface area is 183 Å². The van der Waals surface area contributed by atoms with Gasteiger partial charge in [0.2, 0.25) is 0 Å². The van der Waals surface area contributed by atoms with Gasteiger partial charge < -0.3 is 19.8 Å². The Morgan fingerprint density at radius 1 is 1.10 bits per heavy atom. The van der Waals surface area contributed by atoms with Crippen molar-refractivity contribution in [2.24, 2.45) is 4.99 Å². The molecule has 31 heavy (non-hydrogen) atoms. The zero-order chi connectivity index (χ0) is 21.8. The summed E-state index contributed by atoms with van der Waals surface area (Å²) in [4.78, 5) is 11.7. The minimum absolute atomic E-state index is 0.280. The van der Waals surface area contributed by atoms with E-state index in [1.54, 1.807) is 19.2 Å². The first kappa shape index (κ1) is 20.8.